The largest absolute Gasteiger partial charge is 0.399 e. The van der Waals surface area contributed by atoms with E-state index < -0.39 is 21.0 Å². The summed E-state index contributed by atoms with van der Waals surface area (Å²) in [5.41, 5.74) is 6.22. The van der Waals surface area contributed by atoms with E-state index in [-0.39, 0.29) is 27.8 Å². The van der Waals surface area contributed by atoms with Crippen LogP contribution in [0.25, 0.3) is 0 Å². The minimum absolute atomic E-state index is 0.105. The zero-order valence-electron chi connectivity index (χ0n) is 18.2. The average molecular weight is 432 g/mol. The van der Waals surface area contributed by atoms with Crippen LogP contribution in [-0.4, -0.2) is 39.8 Å². The van der Waals surface area contributed by atoms with Crippen LogP contribution < -0.4 is 10.5 Å². The van der Waals surface area contributed by atoms with Crippen molar-refractivity contribution in [3.05, 3.63) is 24.3 Å². The third-order valence-corrected chi connectivity index (χ3v) is 8.46. The molecule has 0 spiro atoms. The Morgan fingerprint density at radius 3 is 2.07 bits per heavy atom. The van der Waals surface area contributed by atoms with Crippen molar-refractivity contribution in [1.82, 2.24) is 9.03 Å². The lowest BCUT2D eigenvalue weighted by Crippen LogP contribution is -2.43. The summed E-state index contributed by atoms with van der Waals surface area (Å²) in [7, 11) is -4.70. The lowest BCUT2D eigenvalue weighted by Gasteiger charge is -2.32. The van der Waals surface area contributed by atoms with Crippen molar-refractivity contribution in [2.75, 3.05) is 5.73 Å². The molecule has 8 heteroatoms. The smallest absolute Gasteiger partial charge is 0.243 e. The Labute approximate surface area is 173 Å². The van der Waals surface area contributed by atoms with E-state index in [1.54, 1.807) is 28.6 Å². The third kappa shape index (κ3) is 7.13. The number of rotatable bonds is 10. The second-order valence-corrected chi connectivity index (χ2v) is 12.5. The van der Waals surface area contributed by atoms with Gasteiger partial charge in [0, 0.05) is 23.8 Å². The molecule has 3 atom stereocenters. The van der Waals surface area contributed by atoms with E-state index >= 15 is 0 Å². The molecule has 0 saturated heterocycles. The topological polar surface area (TPSA) is 92.5 Å². The van der Waals surface area contributed by atoms with E-state index in [9.17, 15) is 12.6 Å². The number of nitrogens with two attached hydrogens (primary N) is 1. The van der Waals surface area contributed by atoms with Gasteiger partial charge in [0.1, 0.15) is 0 Å². The second kappa shape index (κ2) is 10.2. The lowest BCUT2D eigenvalue weighted by molar-refractivity contribution is 0.269. The molecule has 0 aromatic heterocycles. The first-order valence-electron chi connectivity index (χ1n) is 9.84. The summed E-state index contributed by atoms with van der Waals surface area (Å²) in [6.07, 6.45) is 2.41. The number of hydrogen-bond donors (Lipinski definition) is 2. The predicted octanol–water partition coefficient (Wildman–Crippen LogP) is 3.67. The second-order valence-electron chi connectivity index (χ2n) is 8.68. The molecule has 6 nitrogen and oxygen atoms in total. The molecular formula is C20H37N3O3S2. The Morgan fingerprint density at radius 2 is 1.61 bits per heavy atom. The zero-order valence-corrected chi connectivity index (χ0v) is 19.9. The predicted molar refractivity (Wildman–Crippen MR) is 119 cm³/mol. The number of nitrogen functional groups attached to an aromatic ring is 1. The van der Waals surface area contributed by atoms with Crippen LogP contribution in [-0.2, 0) is 21.0 Å². The highest BCUT2D eigenvalue weighted by molar-refractivity contribution is 7.89. The molecular weight excluding hydrogens is 394 g/mol. The van der Waals surface area contributed by atoms with Crippen molar-refractivity contribution in [1.29, 1.82) is 0 Å². The number of nitrogens with one attached hydrogen (secondary N) is 1. The fourth-order valence-electron chi connectivity index (χ4n) is 3.05. The van der Waals surface area contributed by atoms with Crippen molar-refractivity contribution in [2.45, 2.75) is 95.5 Å². The Morgan fingerprint density at radius 1 is 1.07 bits per heavy atom. The van der Waals surface area contributed by atoms with Gasteiger partial charge in [0.25, 0.3) is 0 Å². The van der Waals surface area contributed by atoms with Crippen LogP contribution in [0.4, 0.5) is 5.69 Å². The summed E-state index contributed by atoms with van der Waals surface area (Å²) in [6.45, 7) is 13.6. The maximum atomic E-state index is 13.1. The van der Waals surface area contributed by atoms with Gasteiger partial charge in [-0.25, -0.2) is 17.3 Å². The third-order valence-electron chi connectivity index (χ3n) is 4.52. The minimum atomic E-state index is -3.59. The van der Waals surface area contributed by atoms with Crippen molar-refractivity contribution in [3.63, 3.8) is 0 Å². The molecule has 0 aliphatic heterocycles. The maximum absolute atomic E-state index is 13.1. The Balaban J connectivity index is 2.74. The SMILES string of the molecule is CC(CCCC(C)N(C(C)C)S(=O)(=O)c1ccc(N)cc1)NS(=O)C(C)(C)C. The van der Waals surface area contributed by atoms with Gasteiger partial charge in [0.15, 0.2) is 0 Å². The van der Waals surface area contributed by atoms with E-state index in [4.69, 9.17) is 5.73 Å². The molecule has 0 saturated carbocycles. The summed E-state index contributed by atoms with van der Waals surface area (Å²) < 4.78 is 42.8. The molecule has 0 radical (unpaired) electrons. The van der Waals surface area contributed by atoms with Gasteiger partial charge in [0.05, 0.1) is 20.6 Å². The van der Waals surface area contributed by atoms with Crippen LogP contribution in [0.3, 0.4) is 0 Å². The highest BCUT2D eigenvalue weighted by atomic mass is 32.2. The molecule has 3 unspecified atom stereocenters. The van der Waals surface area contributed by atoms with Gasteiger partial charge >= 0.3 is 0 Å². The molecule has 0 aliphatic carbocycles. The van der Waals surface area contributed by atoms with Crippen LogP contribution in [0.2, 0.25) is 0 Å². The quantitative estimate of drug-likeness (QED) is 0.553. The Bertz CT molecular complexity index is 741. The number of hydrogen-bond acceptors (Lipinski definition) is 4. The molecule has 0 fully saturated rings. The first-order valence-corrected chi connectivity index (χ1v) is 12.4. The number of benzene rings is 1. The average Bonchev–Trinajstić information content (AvgIpc) is 2.53. The van der Waals surface area contributed by atoms with Crippen molar-refractivity contribution in [2.24, 2.45) is 0 Å². The summed E-state index contributed by atoms with van der Waals surface area (Å²) >= 11 is 0. The number of anilines is 1. The normalized spacial score (nSPS) is 16.3. The van der Waals surface area contributed by atoms with Crippen LogP contribution >= 0.6 is 0 Å². The highest BCUT2D eigenvalue weighted by Crippen LogP contribution is 2.24. The van der Waals surface area contributed by atoms with Gasteiger partial charge < -0.3 is 5.73 Å². The van der Waals surface area contributed by atoms with E-state index in [0.29, 0.717) is 5.69 Å². The molecule has 0 bridgehead atoms. The van der Waals surface area contributed by atoms with Crippen LogP contribution in [0.15, 0.2) is 29.2 Å². The minimum Gasteiger partial charge on any atom is -0.399 e. The lowest BCUT2D eigenvalue weighted by atomic mass is 10.1. The van der Waals surface area contributed by atoms with Gasteiger partial charge in [-0.15, -0.1) is 0 Å². The summed E-state index contributed by atoms with van der Waals surface area (Å²) in [5.74, 6) is 0. The molecule has 0 aliphatic rings. The van der Waals surface area contributed by atoms with Gasteiger partial charge in [-0.05, 0) is 85.6 Å². The first kappa shape index (κ1) is 25.1. The fraction of sp³-hybridized carbons (Fsp3) is 0.700. The summed E-state index contributed by atoms with van der Waals surface area (Å²) in [6, 6.07) is 6.15. The molecule has 1 aromatic rings. The van der Waals surface area contributed by atoms with Gasteiger partial charge in [-0.3, -0.25) is 0 Å². The Kier molecular flexibility index (Phi) is 9.12. The van der Waals surface area contributed by atoms with Gasteiger partial charge in [0.2, 0.25) is 10.0 Å². The molecule has 162 valence electrons. The summed E-state index contributed by atoms with van der Waals surface area (Å²) in [4.78, 5) is 0.262. The maximum Gasteiger partial charge on any atom is 0.243 e. The molecule has 0 heterocycles. The summed E-state index contributed by atoms with van der Waals surface area (Å²) in [5, 5.41) is 0. The van der Waals surface area contributed by atoms with Crippen LogP contribution in [0.5, 0.6) is 0 Å². The van der Waals surface area contributed by atoms with Crippen molar-refractivity contribution >= 4 is 26.7 Å². The van der Waals surface area contributed by atoms with E-state index in [0.717, 1.165) is 19.3 Å². The zero-order chi connectivity index (χ0) is 21.7. The molecule has 1 rings (SSSR count). The molecule has 3 N–H and O–H groups in total. The van der Waals surface area contributed by atoms with Gasteiger partial charge in [-0.1, -0.05) is 6.42 Å². The molecule has 0 amide bonds. The van der Waals surface area contributed by atoms with Crippen molar-refractivity contribution in [3.8, 4) is 0 Å². The van der Waals surface area contributed by atoms with Crippen molar-refractivity contribution < 1.29 is 12.6 Å². The fourth-order valence-corrected chi connectivity index (χ4v) is 5.74. The standard InChI is InChI=1S/C20H37N3O3S2/c1-15(2)23(28(25,26)19-13-11-18(21)12-14-19)17(4)10-8-9-16(3)22-27(24)20(5,6)7/h11-17,22H,8-10,21H2,1-7H3. The van der Waals surface area contributed by atoms with E-state index in [2.05, 4.69) is 4.72 Å². The number of sulfonamides is 1. The van der Waals surface area contributed by atoms with Gasteiger partial charge in [-0.2, -0.15) is 4.31 Å². The van der Waals surface area contributed by atoms with Crippen LogP contribution in [0, 0.1) is 0 Å². The Hall–Kier alpha value is -0.960. The molecule has 28 heavy (non-hydrogen) atoms. The van der Waals surface area contributed by atoms with E-state index in [1.165, 1.54) is 0 Å². The van der Waals surface area contributed by atoms with Crippen LogP contribution in [0.1, 0.15) is 67.7 Å². The monoisotopic (exact) mass is 431 g/mol. The van der Waals surface area contributed by atoms with E-state index in [1.807, 2.05) is 48.5 Å². The number of nitrogens with zero attached hydrogens (tertiary/aromatic N) is 1. The first-order chi connectivity index (χ1) is 12.8. The highest BCUT2D eigenvalue weighted by Gasteiger charge is 2.31. The molecule has 1 aromatic carbocycles.